The highest BCUT2D eigenvalue weighted by atomic mass is 79.9. The second-order valence-corrected chi connectivity index (χ2v) is 7.52. The van der Waals surface area contributed by atoms with Crippen LogP contribution in [0.5, 0.6) is 11.5 Å². The summed E-state index contributed by atoms with van der Waals surface area (Å²) in [5.74, 6) is 3.77. The van der Waals surface area contributed by atoms with E-state index in [2.05, 4.69) is 21.2 Å². The molecule has 1 aromatic rings. The molecule has 2 aliphatic carbocycles. The summed E-state index contributed by atoms with van der Waals surface area (Å²) in [7, 11) is 0. The van der Waals surface area contributed by atoms with Crippen molar-refractivity contribution in [3.63, 3.8) is 0 Å². The quantitative estimate of drug-likeness (QED) is 0.880. The number of carbonyl (C=O) groups excluding carboxylic acids is 1. The van der Waals surface area contributed by atoms with Crippen LogP contribution in [0.2, 0.25) is 0 Å². The third kappa shape index (κ3) is 2.71. The second kappa shape index (κ2) is 5.76. The Hall–Kier alpha value is -1.23. The van der Waals surface area contributed by atoms with E-state index in [0.717, 1.165) is 27.7 Å². The molecule has 1 amide bonds. The number of nitrogens with one attached hydrogen (secondary N) is 1. The van der Waals surface area contributed by atoms with Crippen LogP contribution in [0, 0.1) is 17.8 Å². The van der Waals surface area contributed by atoms with Crippen molar-refractivity contribution in [3.8, 4) is 11.5 Å². The van der Waals surface area contributed by atoms with Crippen LogP contribution in [0.1, 0.15) is 32.1 Å². The predicted octanol–water partition coefficient (Wildman–Crippen LogP) is 3.99. The maximum Gasteiger partial charge on any atom is 0.224 e. The first-order chi connectivity index (χ1) is 10.7. The van der Waals surface area contributed by atoms with Gasteiger partial charge < -0.3 is 14.8 Å². The minimum absolute atomic E-state index is 0.106. The van der Waals surface area contributed by atoms with Gasteiger partial charge in [-0.05, 0) is 52.9 Å². The average molecular weight is 366 g/mol. The first-order valence-electron chi connectivity index (χ1n) is 8.08. The number of hydrogen-bond acceptors (Lipinski definition) is 3. The van der Waals surface area contributed by atoms with E-state index in [4.69, 9.17) is 9.47 Å². The molecule has 2 fully saturated rings. The van der Waals surface area contributed by atoms with Crippen LogP contribution in [-0.4, -0.2) is 19.1 Å². The SMILES string of the molecule is O=C(CC1CC2CCC1C2)Nc1cc2c(cc1Br)OCCO2. The first kappa shape index (κ1) is 14.4. The summed E-state index contributed by atoms with van der Waals surface area (Å²) in [6, 6.07) is 3.71. The molecule has 3 unspecified atom stereocenters. The lowest BCUT2D eigenvalue weighted by molar-refractivity contribution is -0.117. The Kier molecular flexibility index (Phi) is 3.76. The average Bonchev–Trinajstić information content (AvgIpc) is 3.10. The second-order valence-electron chi connectivity index (χ2n) is 6.66. The van der Waals surface area contributed by atoms with Crippen LogP contribution in [0.4, 0.5) is 5.69 Å². The van der Waals surface area contributed by atoms with Crippen LogP contribution in [0.25, 0.3) is 0 Å². The van der Waals surface area contributed by atoms with Gasteiger partial charge in [0.2, 0.25) is 5.91 Å². The lowest BCUT2D eigenvalue weighted by atomic mass is 9.86. The van der Waals surface area contributed by atoms with Gasteiger partial charge in [-0.1, -0.05) is 6.42 Å². The fraction of sp³-hybridized carbons (Fsp3) is 0.588. The van der Waals surface area contributed by atoms with Crippen LogP contribution < -0.4 is 14.8 Å². The highest BCUT2D eigenvalue weighted by Crippen LogP contribution is 2.49. The summed E-state index contributed by atoms with van der Waals surface area (Å²) in [4.78, 5) is 12.4. The number of rotatable bonds is 3. The van der Waals surface area contributed by atoms with Gasteiger partial charge in [-0.2, -0.15) is 0 Å². The summed E-state index contributed by atoms with van der Waals surface area (Å²) in [6.45, 7) is 1.11. The molecule has 1 aromatic carbocycles. The van der Waals surface area contributed by atoms with Crippen molar-refractivity contribution in [2.24, 2.45) is 17.8 Å². The summed E-state index contributed by atoms with van der Waals surface area (Å²) in [5, 5.41) is 3.03. The van der Waals surface area contributed by atoms with Crippen LogP contribution in [-0.2, 0) is 4.79 Å². The third-order valence-corrected chi connectivity index (χ3v) is 5.89. The number of halogens is 1. The van der Waals surface area contributed by atoms with E-state index >= 15 is 0 Å². The molecule has 4 nitrogen and oxygen atoms in total. The van der Waals surface area contributed by atoms with Crippen LogP contribution in [0.15, 0.2) is 16.6 Å². The van der Waals surface area contributed by atoms with Crippen LogP contribution >= 0.6 is 15.9 Å². The molecule has 4 rings (SSSR count). The topological polar surface area (TPSA) is 47.6 Å². The van der Waals surface area contributed by atoms with Crippen molar-refractivity contribution < 1.29 is 14.3 Å². The lowest BCUT2D eigenvalue weighted by Crippen LogP contribution is -2.21. The first-order valence-corrected chi connectivity index (χ1v) is 8.87. The van der Waals surface area contributed by atoms with E-state index in [0.29, 0.717) is 31.3 Å². The van der Waals surface area contributed by atoms with Crippen molar-refractivity contribution in [3.05, 3.63) is 16.6 Å². The molecule has 0 spiro atoms. The molecule has 2 bridgehead atoms. The molecular weight excluding hydrogens is 346 g/mol. The number of fused-ring (bicyclic) bond motifs is 3. The van der Waals surface area contributed by atoms with E-state index in [1.165, 1.54) is 25.7 Å². The number of amides is 1. The maximum atomic E-state index is 12.4. The molecule has 2 saturated carbocycles. The van der Waals surface area contributed by atoms with E-state index in [-0.39, 0.29) is 5.91 Å². The predicted molar refractivity (Wildman–Crippen MR) is 87.3 cm³/mol. The fourth-order valence-electron chi connectivity index (χ4n) is 4.23. The number of ether oxygens (including phenoxy) is 2. The highest BCUT2D eigenvalue weighted by molar-refractivity contribution is 9.10. The van der Waals surface area contributed by atoms with Gasteiger partial charge in [0.1, 0.15) is 13.2 Å². The Morgan fingerprint density at radius 2 is 1.95 bits per heavy atom. The Morgan fingerprint density at radius 1 is 1.18 bits per heavy atom. The molecule has 1 N–H and O–H groups in total. The largest absolute Gasteiger partial charge is 0.486 e. The van der Waals surface area contributed by atoms with Gasteiger partial charge in [0.15, 0.2) is 11.5 Å². The summed E-state index contributed by atoms with van der Waals surface area (Å²) in [6.07, 6.45) is 5.90. The monoisotopic (exact) mass is 365 g/mol. The summed E-state index contributed by atoms with van der Waals surface area (Å²) in [5.41, 5.74) is 0.761. The Bertz CT molecular complexity index is 604. The normalized spacial score (nSPS) is 28.7. The Morgan fingerprint density at radius 3 is 2.64 bits per heavy atom. The molecule has 5 heteroatoms. The van der Waals surface area contributed by atoms with Crippen molar-refractivity contribution in [2.45, 2.75) is 32.1 Å². The van der Waals surface area contributed by atoms with Gasteiger partial charge in [-0.15, -0.1) is 0 Å². The van der Waals surface area contributed by atoms with Crippen molar-refractivity contribution in [1.82, 2.24) is 0 Å². The molecule has 0 aromatic heterocycles. The van der Waals surface area contributed by atoms with Crippen molar-refractivity contribution >= 4 is 27.5 Å². The minimum Gasteiger partial charge on any atom is -0.486 e. The van der Waals surface area contributed by atoms with Crippen molar-refractivity contribution in [1.29, 1.82) is 0 Å². The minimum atomic E-state index is 0.106. The van der Waals surface area contributed by atoms with Gasteiger partial charge >= 0.3 is 0 Å². The maximum absolute atomic E-state index is 12.4. The van der Waals surface area contributed by atoms with Gasteiger partial charge in [0.25, 0.3) is 0 Å². The smallest absolute Gasteiger partial charge is 0.224 e. The van der Waals surface area contributed by atoms with Gasteiger partial charge in [0, 0.05) is 23.0 Å². The number of benzene rings is 1. The van der Waals surface area contributed by atoms with Crippen molar-refractivity contribution in [2.75, 3.05) is 18.5 Å². The zero-order valence-corrected chi connectivity index (χ0v) is 14.0. The fourth-order valence-corrected chi connectivity index (χ4v) is 4.65. The molecular formula is C17H20BrNO3. The molecule has 0 radical (unpaired) electrons. The zero-order valence-electron chi connectivity index (χ0n) is 12.4. The van der Waals surface area contributed by atoms with E-state index < -0.39 is 0 Å². The van der Waals surface area contributed by atoms with Gasteiger partial charge in [-0.3, -0.25) is 4.79 Å². The number of anilines is 1. The Labute approximate surface area is 138 Å². The molecule has 1 heterocycles. The standard InChI is InChI=1S/C17H20BrNO3/c18-13-8-15-16(22-4-3-21-15)9-14(13)19-17(20)7-12-6-10-1-2-11(12)5-10/h8-12H,1-7H2,(H,19,20). The third-order valence-electron chi connectivity index (χ3n) is 5.24. The Balaban J connectivity index is 1.43. The molecule has 3 aliphatic rings. The molecule has 22 heavy (non-hydrogen) atoms. The van der Waals surface area contributed by atoms with E-state index in [9.17, 15) is 4.79 Å². The van der Waals surface area contributed by atoms with Gasteiger partial charge in [0.05, 0.1) is 5.69 Å². The lowest BCUT2D eigenvalue weighted by Gasteiger charge is -2.22. The molecule has 1 aliphatic heterocycles. The summed E-state index contributed by atoms with van der Waals surface area (Å²) < 4.78 is 11.9. The summed E-state index contributed by atoms with van der Waals surface area (Å²) >= 11 is 3.50. The molecule has 3 atom stereocenters. The van der Waals surface area contributed by atoms with E-state index in [1.54, 1.807) is 0 Å². The van der Waals surface area contributed by atoms with E-state index in [1.807, 2.05) is 12.1 Å². The highest BCUT2D eigenvalue weighted by Gasteiger charge is 2.40. The number of hydrogen-bond donors (Lipinski definition) is 1. The van der Waals surface area contributed by atoms with Crippen LogP contribution in [0.3, 0.4) is 0 Å². The molecule has 118 valence electrons. The zero-order chi connectivity index (χ0) is 15.1. The molecule has 0 saturated heterocycles. The van der Waals surface area contributed by atoms with Gasteiger partial charge in [-0.25, -0.2) is 0 Å². The number of carbonyl (C=O) groups is 1.